The van der Waals surface area contributed by atoms with Crippen molar-refractivity contribution in [1.29, 1.82) is 0 Å². The number of benzene rings is 1. The number of H-pyrrole nitrogens is 1. The Morgan fingerprint density at radius 3 is 2.96 bits per heavy atom. The van der Waals surface area contributed by atoms with Crippen LogP contribution in [0, 0.1) is 5.82 Å². The van der Waals surface area contributed by atoms with Crippen molar-refractivity contribution in [2.75, 3.05) is 19.6 Å². The highest BCUT2D eigenvalue weighted by atomic mass is 19.1. The molecule has 0 amide bonds. The van der Waals surface area contributed by atoms with E-state index >= 15 is 0 Å². The van der Waals surface area contributed by atoms with Crippen molar-refractivity contribution in [3.05, 3.63) is 53.7 Å². The van der Waals surface area contributed by atoms with Crippen LogP contribution in [0.25, 0.3) is 10.9 Å². The van der Waals surface area contributed by atoms with Crippen molar-refractivity contribution in [2.45, 2.75) is 26.2 Å². The highest BCUT2D eigenvalue weighted by Crippen LogP contribution is 2.19. The third kappa shape index (κ3) is 5.32. The number of rotatable bonds is 8. The van der Waals surface area contributed by atoms with E-state index in [2.05, 4.69) is 32.6 Å². The highest BCUT2D eigenvalue weighted by molar-refractivity contribution is 5.83. The molecule has 3 N–H and O–H groups in total. The molecule has 0 spiro atoms. The summed E-state index contributed by atoms with van der Waals surface area (Å²) in [5, 5.41) is 11.7. The quantitative estimate of drug-likeness (QED) is 0.324. The first-order chi connectivity index (χ1) is 13.2. The van der Waals surface area contributed by atoms with Gasteiger partial charge in [0.2, 0.25) is 0 Å². The minimum Gasteiger partial charge on any atom is -0.361 e. The molecule has 3 aromatic rings. The third-order valence-electron chi connectivity index (χ3n) is 4.41. The lowest BCUT2D eigenvalue weighted by atomic mass is 10.1. The maximum atomic E-state index is 13.5. The zero-order valence-electron chi connectivity index (χ0n) is 15.9. The van der Waals surface area contributed by atoms with Gasteiger partial charge in [-0.25, -0.2) is 4.39 Å². The Morgan fingerprint density at radius 2 is 2.19 bits per heavy atom. The zero-order chi connectivity index (χ0) is 19.1. The van der Waals surface area contributed by atoms with Crippen LogP contribution in [0.1, 0.15) is 24.5 Å². The van der Waals surface area contributed by atoms with Crippen LogP contribution < -0.4 is 10.6 Å². The van der Waals surface area contributed by atoms with Gasteiger partial charge in [0.25, 0.3) is 0 Å². The molecular formula is C20H27FN6. The monoisotopic (exact) mass is 370 g/mol. The van der Waals surface area contributed by atoms with Gasteiger partial charge >= 0.3 is 0 Å². The van der Waals surface area contributed by atoms with Crippen LogP contribution in [0.5, 0.6) is 0 Å². The summed E-state index contributed by atoms with van der Waals surface area (Å²) in [6.07, 6.45) is 8.63. The van der Waals surface area contributed by atoms with Crippen molar-refractivity contribution in [3.63, 3.8) is 0 Å². The third-order valence-corrected chi connectivity index (χ3v) is 4.41. The summed E-state index contributed by atoms with van der Waals surface area (Å²) >= 11 is 0. The summed E-state index contributed by atoms with van der Waals surface area (Å²) in [4.78, 5) is 7.82. The fourth-order valence-electron chi connectivity index (χ4n) is 3.09. The Hall–Kier alpha value is -2.83. The second kappa shape index (κ2) is 9.21. The lowest BCUT2D eigenvalue weighted by Gasteiger charge is -2.11. The van der Waals surface area contributed by atoms with Gasteiger partial charge in [0.05, 0.1) is 6.20 Å². The van der Waals surface area contributed by atoms with Crippen LogP contribution in [0.2, 0.25) is 0 Å². The fraction of sp³-hybridized carbons (Fsp3) is 0.400. The molecule has 2 heterocycles. The molecule has 0 saturated carbocycles. The molecule has 0 aliphatic rings. The summed E-state index contributed by atoms with van der Waals surface area (Å²) in [5.41, 5.74) is 3.30. The molecule has 0 unspecified atom stereocenters. The van der Waals surface area contributed by atoms with Crippen LogP contribution in [0.3, 0.4) is 0 Å². The van der Waals surface area contributed by atoms with Gasteiger partial charge in [-0.05, 0) is 55.5 Å². The number of aromatic amines is 1. The molecule has 0 aliphatic heterocycles. The first kappa shape index (κ1) is 18.9. The van der Waals surface area contributed by atoms with E-state index in [9.17, 15) is 4.39 Å². The molecule has 0 saturated heterocycles. The van der Waals surface area contributed by atoms with E-state index in [4.69, 9.17) is 0 Å². The molecule has 3 rings (SSSR count). The molecule has 0 radical (unpaired) electrons. The van der Waals surface area contributed by atoms with Gasteiger partial charge in [-0.1, -0.05) is 0 Å². The molecule has 0 fully saturated rings. The van der Waals surface area contributed by atoms with Gasteiger partial charge < -0.3 is 15.6 Å². The number of hydrogen-bond acceptors (Lipinski definition) is 2. The maximum absolute atomic E-state index is 13.5. The SMILES string of the molecule is CCNC(=NCCCc1cnn(C)c1)NCCc1c[nH]c2ccc(F)cc12. The smallest absolute Gasteiger partial charge is 0.191 e. The standard InChI is InChI=1S/C20H27FN6/c1-3-22-20(23-9-4-5-15-12-26-27(2)14-15)24-10-8-16-13-25-19-7-6-17(21)11-18(16)19/h6-7,11-14,25H,3-5,8-10H2,1-2H3,(H2,22,23,24). The second-order valence-corrected chi connectivity index (χ2v) is 6.57. The van der Waals surface area contributed by atoms with Crippen molar-refractivity contribution in [2.24, 2.45) is 12.0 Å². The Bertz CT molecular complexity index is 895. The van der Waals surface area contributed by atoms with E-state index in [0.29, 0.717) is 0 Å². The summed E-state index contributed by atoms with van der Waals surface area (Å²) < 4.78 is 15.3. The summed E-state index contributed by atoms with van der Waals surface area (Å²) in [6, 6.07) is 4.83. The summed E-state index contributed by atoms with van der Waals surface area (Å²) in [6.45, 7) is 4.35. The molecule has 6 nitrogen and oxygen atoms in total. The fourth-order valence-corrected chi connectivity index (χ4v) is 3.09. The first-order valence-corrected chi connectivity index (χ1v) is 9.41. The number of fused-ring (bicyclic) bond motifs is 1. The van der Waals surface area contributed by atoms with Gasteiger partial charge in [0, 0.05) is 50.0 Å². The second-order valence-electron chi connectivity index (χ2n) is 6.57. The minimum atomic E-state index is -0.208. The molecular weight excluding hydrogens is 343 g/mol. The maximum Gasteiger partial charge on any atom is 0.191 e. The van der Waals surface area contributed by atoms with E-state index in [1.54, 1.807) is 12.1 Å². The lowest BCUT2D eigenvalue weighted by Crippen LogP contribution is -2.38. The van der Waals surface area contributed by atoms with E-state index in [1.165, 1.54) is 11.6 Å². The van der Waals surface area contributed by atoms with Gasteiger partial charge in [0.15, 0.2) is 5.96 Å². The van der Waals surface area contributed by atoms with Crippen LogP contribution in [0.4, 0.5) is 4.39 Å². The van der Waals surface area contributed by atoms with Crippen LogP contribution >= 0.6 is 0 Å². The van der Waals surface area contributed by atoms with Crippen molar-refractivity contribution >= 4 is 16.9 Å². The highest BCUT2D eigenvalue weighted by Gasteiger charge is 2.05. The minimum absolute atomic E-state index is 0.208. The van der Waals surface area contributed by atoms with Crippen LogP contribution in [0.15, 0.2) is 41.8 Å². The molecule has 0 bridgehead atoms. The van der Waals surface area contributed by atoms with E-state index in [1.807, 2.05) is 30.3 Å². The number of guanidine groups is 1. The number of nitrogens with one attached hydrogen (secondary N) is 3. The average molecular weight is 370 g/mol. The van der Waals surface area contributed by atoms with Gasteiger partial charge in [0.1, 0.15) is 5.82 Å². The molecule has 0 aliphatic carbocycles. The lowest BCUT2D eigenvalue weighted by molar-refractivity contribution is 0.629. The molecule has 1 aromatic carbocycles. The van der Waals surface area contributed by atoms with E-state index in [-0.39, 0.29) is 5.82 Å². The van der Waals surface area contributed by atoms with Crippen molar-refractivity contribution in [3.8, 4) is 0 Å². The number of hydrogen-bond donors (Lipinski definition) is 3. The Labute approximate surface area is 158 Å². The average Bonchev–Trinajstić information content (AvgIpc) is 3.24. The van der Waals surface area contributed by atoms with Crippen molar-refractivity contribution in [1.82, 2.24) is 25.4 Å². The molecule has 27 heavy (non-hydrogen) atoms. The number of halogens is 1. The predicted molar refractivity (Wildman–Crippen MR) is 107 cm³/mol. The zero-order valence-corrected chi connectivity index (χ0v) is 15.9. The van der Waals surface area contributed by atoms with Crippen LogP contribution in [-0.4, -0.2) is 40.4 Å². The summed E-state index contributed by atoms with van der Waals surface area (Å²) in [7, 11) is 1.93. The normalized spacial score (nSPS) is 11.9. The van der Waals surface area contributed by atoms with Crippen molar-refractivity contribution < 1.29 is 4.39 Å². The Kier molecular flexibility index (Phi) is 6.46. The largest absolute Gasteiger partial charge is 0.361 e. The molecule has 144 valence electrons. The van der Waals surface area contributed by atoms with E-state index < -0.39 is 0 Å². The molecule has 0 atom stereocenters. The van der Waals surface area contributed by atoms with Gasteiger partial charge in [-0.15, -0.1) is 0 Å². The van der Waals surface area contributed by atoms with E-state index in [0.717, 1.165) is 61.3 Å². The number of nitrogens with zero attached hydrogens (tertiary/aromatic N) is 3. The molecule has 2 aromatic heterocycles. The van der Waals surface area contributed by atoms with Gasteiger partial charge in [-0.2, -0.15) is 5.10 Å². The van der Waals surface area contributed by atoms with Gasteiger partial charge in [-0.3, -0.25) is 9.67 Å². The topological polar surface area (TPSA) is 70.0 Å². The Balaban J connectivity index is 1.49. The number of aryl methyl sites for hydroxylation is 2. The molecule has 7 heteroatoms. The predicted octanol–water partition coefficient (Wildman–Crippen LogP) is 2.77. The van der Waals surface area contributed by atoms with Crippen LogP contribution in [-0.2, 0) is 19.9 Å². The Morgan fingerprint density at radius 1 is 1.30 bits per heavy atom. The first-order valence-electron chi connectivity index (χ1n) is 9.41. The summed E-state index contributed by atoms with van der Waals surface area (Å²) in [5.74, 6) is 0.606. The number of aliphatic imine (C=N–C) groups is 1. The number of aromatic nitrogens is 3.